The summed E-state index contributed by atoms with van der Waals surface area (Å²) in [6.45, 7) is 15.8. The molecule has 0 spiro atoms. The third kappa shape index (κ3) is 18.4. The summed E-state index contributed by atoms with van der Waals surface area (Å²) >= 11 is -0.139. The highest BCUT2D eigenvalue weighted by atomic mass is 27.2. The maximum atomic E-state index is 11.0. The first-order valence-electron chi connectivity index (χ1n) is 14.9. The first-order chi connectivity index (χ1) is 20.1. The number of benzene rings is 3. The van der Waals surface area contributed by atoms with Crippen molar-refractivity contribution in [3.8, 4) is 0 Å². The number of aliphatic hydroxyl groups excluding tert-OH is 1. The second-order valence-electron chi connectivity index (χ2n) is 8.75. The van der Waals surface area contributed by atoms with Gasteiger partial charge in [0.25, 0.3) is 14.1 Å². The maximum Gasteiger partial charge on any atom is 0.338 e. The zero-order valence-electron chi connectivity index (χ0n) is 27.8. The molecule has 1 heterocycles. The minimum atomic E-state index is -0.199. The van der Waals surface area contributed by atoms with Crippen molar-refractivity contribution in [1.29, 1.82) is 0 Å². The monoisotopic (exact) mass is 595 g/mol. The van der Waals surface area contributed by atoms with Crippen molar-refractivity contribution >= 4 is 31.7 Å². The molecule has 0 saturated heterocycles. The number of carbonyl (C=O) groups is 3. The lowest BCUT2D eigenvalue weighted by atomic mass is 10.1. The van der Waals surface area contributed by atoms with Gasteiger partial charge < -0.3 is 15.6 Å². The number of fused-ring (bicyclic) bond motifs is 1. The fourth-order valence-corrected chi connectivity index (χ4v) is 3.11. The summed E-state index contributed by atoms with van der Waals surface area (Å²) in [5.74, 6) is 6.79. The van der Waals surface area contributed by atoms with Crippen molar-refractivity contribution in [3.05, 3.63) is 106 Å². The van der Waals surface area contributed by atoms with Gasteiger partial charge in [-0.2, -0.15) is 0 Å². The molecule has 42 heavy (non-hydrogen) atoms. The van der Waals surface area contributed by atoms with Gasteiger partial charge in [0.2, 0.25) is 0 Å². The summed E-state index contributed by atoms with van der Waals surface area (Å²) in [7, 11) is 0. The molecular weight excluding hydrogens is 541 g/mol. The summed E-state index contributed by atoms with van der Waals surface area (Å²) < 4.78 is 4.78. The number of Topliss-reactive ketones (excluding diaryl/α,β-unsaturated/α-hetero) is 2. The van der Waals surface area contributed by atoms with Gasteiger partial charge in [-0.25, -0.2) is 4.79 Å². The molecule has 0 bridgehead atoms. The first kappa shape index (κ1) is 43.4. The van der Waals surface area contributed by atoms with Gasteiger partial charge in [0.05, 0.1) is 12.2 Å². The molecule has 6 nitrogen and oxygen atoms in total. The number of aliphatic hydroxyl groups is 1. The van der Waals surface area contributed by atoms with E-state index in [1.807, 2.05) is 77.9 Å². The molecule has 0 fully saturated rings. The van der Waals surface area contributed by atoms with Crippen LogP contribution in [-0.2, 0) is 24.5 Å². The number of nitrogens with two attached hydrogens (primary N) is 1. The molecule has 1 aliphatic heterocycles. The van der Waals surface area contributed by atoms with Crippen molar-refractivity contribution in [3.63, 3.8) is 0 Å². The molecule has 4 rings (SSSR count). The van der Waals surface area contributed by atoms with E-state index in [1.54, 1.807) is 43.3 Å². The van der Waals surface area contributed by atoms with Crippen LogP contribution in [0.25, 0.3) is 0 Å². The van der Waals surface area contributed by atoms with Gasteiger partial charge >= 0.3 is 5.97 Å². The molecule has 0 aliphatic carbocycles. The SMILES string of the molecule is CC.CC.CC.CC(=O)c1ccccc1CN.CC(=O)c1ccccc1CO.O=C1OCc2ccccc21.[CH3][Al]([CH3])[CH3]. The van der Waals surface area contributed by atoms with E-state index in [0.29, 0.717) is 29.8 Å². The Morgan fingerprint density at radius 3 is 1.48 bits per heavy atom. The highest BCUT2D eigenvalue weighted by Gasteiger charge is 2.18. The van der Waals surface area contributed by atoms with Gasteiger partial charge in [-0.3, -0.25) is 9.59 Å². The van der Waals surface area contributed by atoms with Gasteiger partial charge in [0, 0.05) is 23.2 Å². The Morgan fingerprint density at radius 1 is 0.738 bits per heavy atom. The number of hydrogen-bond acceptors (Lipinski definition) is 6. The van der Waals surface area contributed by atoms with Crippen LogP contribution in [0.5, 0.6) is 0 Å². The first-order valence-corrected chi connectivity index (χ1v) is 18.3. The largest absolute Gasteiger partial charge is 0.457 e. The second kappa shape index (κ2) is 28.1. The summed E-state index contributed by atoms with van der Waals surface area (Å²) in [5.41, 5.74) is 10.1. The minimum Gasteiger partial charge on any atom is -0.457 e. The number of ether oxygens (including phenoxy) is 1. The molecular formula is C35H54AlNO5. The van der Waals surface area contributed by atoms with Crippen LogP contribution >= 0.6 is 0 Å². The Hall–Kier alpha value is -3.08. The molecule has 0 unspecified atom stereocenters. The van der Waals surface area contributed by atoms with Crippen molar-refractivity contribution in [2.75, 3.05) is 0 Å². The molecule has 3 N–H and O–H groups in total. The van der Waals surface area contributed by atoms with E-state index < -0.39 is 0 Å². The number of rotatable bonds is 4. The number of carbonyl (C=O) groups excluding carboxylic acids is 3. The van der Waals surface area contributed by atoms with Gasteiger partial charge in [-0.1, -0.05) is 108 Å². The van der Waals surface area contributed by atoms with Gasteiger partial charge in [-0.15, -0.1) is 17.4 Å². The van der Waals surface area contributed by atoms with Gasteiger partial charge in [-0.05, 0) is 31.0 Å². The summed E-state index contributed by atoms with van der Waals surface area (Å²) in [6.07, 6.45) is 0. The standard InChI is InChI=1S/C9H11NO.C9H10O2.C8H6O2.3C2H6.3CH3.Al/c2*1-7(11)9-5-3-2-4-8(9)6-10;9-8-7-4-2-1-3-6(7)5-10-8;3*1-2;;;;/h2-5H,6,10H2,1H3;2-5,10H,6H2,1H3;1-4H,5H2;3*1-2H3;3*1H3;. The summed E-state index contributed by atoms with van der Waals surface area (Å²) in [5, 5.41) is 8.82. The van der Waals surface area contributed by atoms with Crippen LogP contribution in [-0.4, -0.2) is 36.8 Å². The fraction of sp³-hybridized carbons (Fsp3) is 0.400. The second-order valence-corrected chi connectivity index (χ2v) is 12.2. The van der Waals surface area contributed by atoms with Crippen molar-refractivity contribution < 1.29 is 24.2 Å². The molecule has 0 aromatic heterocycles. The third-order valence-electron chi connectivity index (χ3n) is 4.78. The van der Waals surface area contributed by atoms with Crippen LogP contribution in [0, 0.1) is 0 Å². The van der Waals surface area contributed by atoms with Crippen LogP contribution in [0.2, 0.25) is 17.4 Å². The number of cyclic esters (lactones) is 1. The lowest BCUT2D eigenvalue weighted by Gasteiger charge is -2.01. The predicted octanol–water partition coefficient (Wildman–Crippen LogP) is 8.54. The smallest absolute Gasteiger partial charge is 0.338 e. The Kier molecular flexibility index (Phi) is 29.0. The minimum absolute atomic E-state index is 0.00495. The Balaban J connectivity index is -0.000000471. The Labute approximate surface area is 259 Å². The third-order valence-corrected chi connectivity index (χ3v) is 4.78. The molecule has 0 saturated carbocycles. The van der Waals surface area contributed by atoms with Crippen molar-refractivity contribution in [1.82, 2.24) is 0 Å². The molecule has 0 atom stereocenters. The molecule has 3 aromatic carbocycles. The van der Waals surface area contributed by atoms with E-state index in [2.05, 4.69) is 17.4 Å². The van der Waals surface area contributed by atoms with E-state index >= 15 is 0 Å². The van der Waals surface area contributed by atoms with E-state index in [-0.39, 0.29) is 38.3 Å². The molecule has 1 aliphatic rings. The normalized spacial score (nSPS) is 9.60. The highest BCUT2D eigenvalue weighted by Crippen LogP contribution is 2.18. The highest BCUT2D eigenvalue weighted by molar-refractivity contribution is 6.54. The topological polar surface area (TPSA) is 107 Å². The van der Waals surface area contributed by atoms with Gasteiger partial charge in [0.15, 0.2) is 11.6 Å². The van der Waals surface area contributed by atoms with Crippen LogP contribution in [0.4, 0.5) is 0 Å². The van der Waals surface area contributed by atoms with E-state index in [4.69, 9.17) is 15.6 Å². The quantitative estimate of drug-likeness (QED) is 0.178. The molecule has 7 heteroatoms. The Morgan fingerprint density at radius 2 is 1.12 bits per heavy atom. The van der Waals surface area contributed by atoms with Crippen molar-refractivity contribution in [2.24, 2.45) is 5.73 Å². The summed E-state index contributed by atoms with van der Waals surface area (Å²) in [6, 6.07) is 21.9. The predicted molar refractivity (Wildman–Crippen MR) is 180 cm³/mol. The lowest BCUT2D eigenvalue weighted by Crippen LogP contribution is -2.04. The van der Waals surface area contributed by atoms with Crippen LogP contribution < -0.4 is 5.73 Å². The van der Waals surface area contributed by atoms with Crippen LogP contribution in [0.3, 0.4) is 0 Å². The number of hydrogen-bond donors (Lipinski definition) is 2. The molecule has 0 amide bonds. The fourth-order valence-electron chi connectivity index (χ4n) is 3.11. The van der Waals surface area contributed by atoms with E-state index in [0.717, 1.165) is 16.7 Å². The van der Waals surface area contributed by atoms with Crippen LogP contribution in [0.1, 0.15) is 103 Å². The maximum absolute atomic E-state index is 11.0. The van der Waals surface area contributed by atoms with E-state index in [9.17, 15) is 14.4 Å². The number of ketones is 2. The molecule has 0 radical (unpaired) electrons. The van der Waals surface area contributed by atoms with Gasteiger partial charge in [0.1, 0.15) is 6.61 Å². The molecule has 232 valence electrons. The van der Waals surface area contributed by atoms with Crippen molar-refractivity contribution in [2.45, 2.75) is 92.5 Å². The zero-order chi connectivity index (χ0) is 33.1. The molecule has 3 aromatic rings. The summed E-state index contributed by atoms with van der Waals surface area (Å²) in [4.78, 5) is 32.7. The lowest BCUT2D eigenvalue weighted by molar-refractivity contribution is 0.0534. The Bertz CT molecular complexity index is 1090. The van der Waals surface area contributed by atoms with Crippen LogP contribution in [0.15, 0.2) is 72.8 Å². The average Bonchev–Trinajstić information content (AvgIpc) is 3.41. The zero-order valence-corrected chi connectivity index (χ0v) is 28.9. The van der Waals surface area contributed by atoms with E-state index in [1.165, 1.54) is 6.92 Å². The average molecular weight is 596 g/mol. The number of esters is 1.